The minimum absolute atomic E-state index is 0.123. The molecule has 128 valence electrons. The molecule has 1 aliphatic rings. The van der Waals surface area contributed by atoms with Gasteiger partial charge >= 0.3 is 5.97 Å². The highest BCUT2D eigenvalue weighted by atomic mass is 19.3. The number of alkyl halides is 2. The Morgan fingerprint density at radius 2 is 2.00 bits per heavy atom. The van der Waals surface area contributed by atoms with Crippen molar-refractivity contribution in [2.75, 3.05) is 13.7 Å². The van der Waals surface area contributed by atoms with Crippen molar-refractivity contribution in [1.29, 1.82) is 0 Å². The van der Waals surface area contributed by atoms with Crippen LogP contribution in [-0.2, 0) is 11.3 Å². The van der Waals surface area contributed by atoms with Crippen molar-refractivity contribution in [3.05, 3.63) is 28.8 Å². The van der Waals surface area contributed by atoms with Crippen LogP contribution in [0.1, 0.15) is 60.0 Å². The van der Waals surface area contributed by atoms with Gasteiger partial charge in [0.05, 0.1) is 19.3 Å². The van der Waals surface area contributed by atoms with E-state index in [4.69, 9.17) is 9.47 Å². The smallest absolute Gasteiger partial charge is 0.336 e. The zero-order valence-corrected chi connectivity index (χ0v) is 13.4. The van der Waals surface area contributed by atoms with Gasteiger partial charge in [0.15, 0.2) is 0 Å². The highest BCUT2D eigenvalue weighted by Gasteiger charge is 2.37. The molecule has 6 heteroatoms. The van der Waals surface area contributed by atoms with Crippen LogP contribution in [0.5, 0.6) is 5.75 Å². The molecule has 0 saturated heterocycles. The van der Waals surface area contributed by atoms with Crippen LogP contribution in [0.2, 0.25) is 0 Å². The topological polar surface area (TPSA) is 55.8 Å². The number of methoxy groups -OCH3 is 1. The molecule has 2 rings (SSSR count). The van der Waals surface area contributed by atoms with E-state index in [1.54, 1.807) is 12.1 Å². The van der Waals surface area contributed by atoms with Crippen molar-refractivity contribution in [3.63, 3.8) is 0 Å². The Morgan fingerprint density at radius 3 is 2.52 bits per heavy atom. The molecule has 0 radical (unpaired) electrons. The zero-order valence-electron chi connectivity index (χ0n) is 13.4. The van der Waals surface area contributed by atoms with Crippen LogP contribution in [-0.4, -0.2) is 30.7 Å². The minimum Gasteiger partial charge on any atom is -0.496 e. The normalized spacial score (nSPS) is 17.9. The van der Waals surface area contributed by atoms with Crippen molar-refractivity contribution in [1.82, 2.24) is 0 Å². The Hall–Kier alpha value is -1.69. The monoisotopic (exact) mass is 328 g/mol. The number of aromatic carboxylic acids is 1. The van der Waals surface area contributed by atoms with Crippen molar-refractivity contribution < 1.29 is 28.2 Å². The highest BCUT2D eigenvalue weighted by molar-refractivity contribution is 5.92. The first-order chi connectivity index (χ1) is 10.9. The summed E-state index contributed by atoms with van der Waals surface area (Å²) in [6.07, 6.45) is 0.161. The number of rotatable bonds is 6. The lowest BCUT2D eigenvalue weighted by atomic mass is 9.79. The molecule has 1 aromatic rings. The minimum atomic E-state index is -2.64. The van der Waals surface area contributed by atoms with E-state index in [1.165, 1.54) is 7.11 Å². The quantitative estimate of drug-likeness (QED) is 0.849. The Bertz CT molecular complexity index is 562. The van der Waals surface area contributed by atoms with E-state index in [0.29, 0.717) is 23.5 Å². The second-order valence-electron chi connectivity index (χ2n) is 5.78. The fourth-order valence-corrected chi connectivity index (χ4v) is 3.13. The Morgan fingerprint density at radius 1 is 1.35 bits per heavy atom. The summed E-state index contributed by atoms with van der Waals surface area (Å²) < 4.78 is 37.3. The summed E-state index contributed by atoms with van der Waals surface area (Å²) in [4.78, 5) is 11.8. The standard InChI is InChI=1S/C17H22F2O4/c1-3-23-10-13-14(22-2)5-4-12(15(13)16(20)21)11-6-8-17(18,19)9-7-11/h4-5,11H,3,6-10H2,1-2H3,(H,20,21). The molecule has 1 aromatic carbocycles. The SMILES string of the molecule is CCOCc1c(OC)ccc(C2CCC(F)(F)CC2)c1C(=O)O. The van der Waals surface area contributed by atoms with Gasteiger partial charge < -0.3 is 14.6 Å². The largest absolute Gasteiger partial charge is 0.496 e. The molecule has 1 aliphatic carbocycles. The Kier molecular flexibility index (Phi) is 5.57. The van der Waals surface area contributed by atoms with Gasteiger partial charge in [0.1, 0.15) is 5.75 Å². The maximum Gasteiger partial charge on any atom is 0.336 e. The molecule has 4 nitrogen and oxygen atoms in total. The van der Waals surface area contributed by atoms with Crippen molar-refractivity contribution in [2.45, 2.75) is 51.1 Å². The summed E-state index contributed by atoms with van der Waals surface area (Å²) in [7, 11) is 1.47. The lowest BCUT2D eigenvalue weighted by Crippen LogP contribution is -2.25. The molecule has 1 saturated carbocycles. The van der Waals surface area contributed by atoms with E-state index in [9.17, 15) is 18.7 Å². The fourth-order valence-electron chi connectivity index (χ4n) is 3.13. The number of benzene rings is 1. The molecule has 1 fully saturated rings. The van der Waals surface area contributed by atoms with Gasteiger partial charge in [0.2, 0.25) is 5.92 Å². The number of carboxylic acid groups (broad SMARTS) is 1. The van der Waals surface area contributed by atoms with Crippen LogP contribution < -0.4 is 4.74 Å². The van der Waals surface area contributed by atoms with E-state index < -0.39 is 11.9 Å². The molecule has 0 atom stereocenters. The van der Waals surface area contributed by atoms with Crippen LogP contribution >= 0.6 is 0 Å². The third-order valence-electron chi connectivity index (χ3n) is 4.34. The van der Waals surface area contributed by atoms with Gasteiger partial charge in [-0.25, -0.2) is 13.6 Å². The average Bonchev–Trinajstić information content (AvgIpc) is 2.51. The summed E-state index contributed by atoms with van der Waals surface area (Å²) in [6.45, 7) is 2.39. The molecular formula is C17H22F2O4. The molecule has 0 heterocycles. The lowest BCUT2D eigenvalue weighted by Gasteiger charge is -2.30. The van der Waals surface area contributed by atoms with E-state index in [-0.39, 0.29) is 43.8 Å². The predicted molar refractivity (Wildman–Crippen MR) is 81.4 cm³/mol. The van der Waals surface area contributed by atoms with E-state index in [1.807, 2.05) is 6.92 Å². The number of halogens is 2. The summed E-state index contributed by atoms with van der Waals surface area (Å²) in [5.41, 5.74) is 1.20. The fraction of sp³-hybridized carbons (Fsp3) is 0.588. The van der Waals surface area contributed by atoms with Gasteiger partial charge in [-0.2, -0.15) is 0 Å². The molecule has 1 N–H and O–H groups in total. The second-order valence-corrected chi connectivity index (χ2v) is 5.78. The average molecular weight is 328 g/mol. The third kappa shape index (κ3) is 3.99. The van der Waals surface area contributed by atoms with Crippen molar-refractivity contribution in [3.8, 4) is 5.75 Å². The predicted octanol–water partition coefficient (Wildman–Crippen LogP) is 4.22. The summed E-state index contributed by atoms with van der Waals surface area (Å²) in [5, 5.41) is 9.64. The molecule has 0 unspecified atom stereocenters. The highest BCUT2D eigenvalue weighted by Crippen LogP contribution is 2.43. The molecule has 0 aromatic heterocycles. The van der Waals surface area contributed by atoms with Gasteiger partial charge in [-0.05, 0) is 37.3 Å². The Labute approximate surface area is 134 Å². The molecule has 23 heavy (non-hydrogen) atoms. The number of hydrogen-bond acceptors (Lipinski definition) is 3. The number of ether oxygens (including phenoxy) is 2. The van der Waals surface area contributed by atoms with Crippen molar-refractivity contribution in [2.24, 2.45) is 0 Å². The van der Waals surface area contributed by atoms with Crippen LogP contribution in [0.25, 0.3) is 0 Å². The number of carboxylic acids is 1. The molecule has 0 bridgehead atoms. The first-order valence-electron chi connectivity index (χ1n) is 7.78. The van der Waals surface area contributed by atoms with Gasteiger partial charge in [-0.1, -0.05) is 6.07 Å². The summed E-state index contributed by atoms with van der Waals surface area (Å²) in [6, 6.07) is 3.38. The van der Waals surface area contributed by atoms with Gasteiger partial charge in [0, 0.05) is 25.0 Å². The number of carbonyl (C=O) groups is 1. The number of hydrogen-bond donors (Lipinski definition) is 1. The zero-order chi connectivity index (χ0) is 17.0. The first-order valence-corrected chi connectivity index (χ1v) is 7.78. The van der Waals surface area contributed by atoms with Crippen LogP contribution in [0, 0.1) is 0 Å². The van der Waals surface area contributed by atoms with Crippen LogP contribution in [0.4, 0.5) is 8.78 Å². The van der Waals surface area contributed by atoms with Gasteiger partial charge in [-0.15, -0.1) is 0 Å². The van der Waals surface area contributed by atoms with E-state index in [0.717, 1.165) is 0 Å². The summed E-state index contributed by atoms with van der Waals surface area (Å²) in [5.74, 6) is -3.45. The van der Waals surface area contributed by atoms with Gasteiger partial charge in [-0.3, -0.25) is 0 Å². The lowest BCUT2D eigenvalue weighted by molar-refractivity contribution is -0.0382. The maximum absolute atomic E-state index is 13.4. The van der Waals surface area contributed by atoms with E-state index >= 15 is 0 Å². The molecule has 0 aliphatic heterocycles. The maximum atomic E-state index is 13.4. The molecular weight excluding hydrogens is 306 g/mol. The van der Waals surface area contributed by atoms with Gasteiger partial charge in [0.25, 0.3) is 0 Å². The summed E-state index contributed by atoms with van der Waals surface area (Å²) >= 11 is 0. The first kappa shape index (κ1) is 17.7. The third-order valence-corrected chi connectivity index (χ3v) is 4.34. The second kappa shape index (κ2) is 7.25. The molecule has 0 amide bonds. The van der Waals surface area contributed by atoms with Crippen molar-refractivity contribution >= 4 is 5.97 Å². The van der Waals surface area contributed by atoms with Crippen LogP contribution in [0.15, 0.2) is 12.1 Å². The van der Waals surface area contributed by atoms with E-state index in [2.05, 4.69) is 0 Å². The van der Waals surface area contributed by atoms with Crippen LogP contribution in [0.3, 0.4) is 0 Å². The Balaban J connectivity index is 2.41. The molecule has 0 spiro atoms.